The second-order valence-electron chi connectivity index (χ2n) is 3.78. The molecule has 0 aromatic rings. The first kappa shape index (κ1) is 15.0. The number of ether oxygens (including phenoxy) is 1. The molecular weight excluding hydrogens is 255 g/mol. The maximum absolute atomic E-state index is 10.8. The number of unbranched alkanes of at least 4 members (excludes halogenated alkanes) is 7. The van der Waals surface area contributed by atoms with Crippen molar-refractivity contribution in [2.45, 2.75) is 63.6 Å². The Balaban J connectivity index is 2.95. The molecule has 0 radical (unpaired) electrons. The van der Waals surface area contributed by atoms with Gasteiger partial charge >= 0.3 is 100 Å². The van der Waals surface area contributed by atoms with E-state index >= 15 is 0 Å². The van der Waals surface area contributed by atoms with Gasteiger partial charge in [-0.1, -0.05) is 0 Å². The average Bonchev–Trinajstić information content (AvgIpc) is 2.26. The summed E-state index contributed by atoms with van der Waals surface area (Å²) in [5, 5.41) is 1.05. The standard InChI is InChI=1S/C12H24O2Se/c1-3-4-5-6-7-8-9-10-11-15-12(13)14-2/h3-11H2,1-2H3. The molecule has 0 aromatic carbocycles. The predicted molar refractivity (Wildman–Crippen MR) is 65.6 cm³/mol. The van der Waals surface area contributed by atoms with Crippen LogP contribution >= 0.6 is 0 Å². The molecule has 0 rings (SSSR count). The van der Waals surface area contributed by atoms with E-state index < -0.39 is 0 Å². The van der Waals surface area contributed by atoms with Crippen LogP contribution in [0.1, 0.15) is 58.3 Å². The minimum absolute atomic E-state index is 0.00885. The van der Waals surface area contributed by atoms with Gasteiger partial charge in [0.05, 0.1) is 0 Å². The number of carbonyl (C=O) groups excluding carboxylic acids is 1. The van der Waals surface area contributed by atoms with Crippen LogP contribution in [0.4, 0.5) is 4.79 Å². The fourth-order valence-corrected chi connectivity index (χ4v) is 2.78. The molecule has 15 heavy (non-hydrogen) atoms. The van der Waals surface area contributed by atoms with Gasteiger partial charge < -0.3 is 0 Å². The summed E-state index contributed by atoms with van der Waals surface area (Å²) >= 11 is 0.0664. The Morgan fingerprint density at radius 3 is 2.07 bits per heavy atom. The van der Waals surface area contributed by atoms with Crippen molar-refractivity contribution in [2.24, 2.45) is 0 Å². The van der Waals surface area contributed by atoms with Gasteiger partial charge in [-0.3, -0.25) is 0 Å². The Kier molecular flexibility index (Phi) is 12.1. The molecule has 0 aliphatic heterocycles. The summed E-state index contributed by atoms with van der Waals surface area (Å²) in [6.45, 7) is 2.24. The van der Waals surface area contributed by atoms with E-state index in [2.05, 4.69) is 11.7 Å². The zero-order chi connectivity index (χ0) is 11.4. The molecule has 0 heterocycles. The fourth-order valence-electron chi connectivity index (χ4n) is 1.45. The molecule has 0 bridgehead atoms. The summed E-state index contributed by atoms with van der Waals surface area (Å²) in [6.07, 6.45) is 10.7. The zero-order valence-electron chi connectivity index (χ0n) is 10.1. The van der Waals surface area contributed by atoms with Crippen LogP contribution in [0.15, 0.2) is 0 Å². The fraction of sp³-hybridized carbons (Fsp3) is 0.917. The molecule has 0 aromatic heterocycles. The van der Waals surface area contributed by atoms with Crippen LogP contribution in [0, 0.1) is 0 Å². The Hall–Kier alpha value is -0.0105. The molecule has 0 saturated carbocycles. The van der Waals surface area contributed by atoms with Crippen LogP contribution in [0.5, 0.6) is 0 Å². The van der Waals surface area contributed by atoms with Crippen molar-refractivity contribution in [2.75, 3.05) is 7.11 Å². The van der Waals surface area contributed by atoms with Gasteiger partial charge in [0.2, 0.25) is 0 Å². The molecule has 0 atom stereocenters. The van der Waals surface area contributed by atoms with Gasteiger partial charge in [-0.05, 0) is 0 Å². The van der Waals surface area contributed by atoms with Crippen molar-refractivity contribution in [3.05, 3.63) is 0 Å². The van der Waals surface area contributed by atoms with Crippen molar-refractivity contribution in [1.82, 2.24) is 0 Å². The van der Waals surface area contributed by atoms with E-state index in [1.807, 2.05) is 0 Å². The molecule has 2 nitrogen and oxygen atoms in total. The number of hydrogen-bond donors (Lipinski definition) is 0. The second kappa shape index (κ2) is 12.1. The quantitative estimate of drug-likeness (QED) is 0.446. The molecule has 3 heteroatoms. The molecule has 0 fully saturated rings. The topological polar surface area (TPSA) is 26.3 Å². The van der Waals surface area contributed by atoms with Gasteiger partial charge in [0, 0.05) is 0 Å². The van der Waals surface area contributed by atoms with Crippen LogP contribution in [0.3, 0.4) is 0 Å². The number of rotatable bonds is 10. The maximum atomic E-state index is 10.8. The number of carbonyl (C=O) groups is 1. The monoisotopic (exact) mass is 280 g/mol. The molecule has 0 aliphatic carbocycles. The van der Waals surface area contributed by atoms with Gasteiger partial charge in [0.1, 0.15) is 0 Å². The molecule has 0 N–H and O–H groups in total. The summed E-state index contributed by atoms with van der Waals surface area (Å²) in [5.41, 5.74) is 0. The molecule has 0 amide bonds. The first-order chi connectivity index (χ1) is 7.31. The summed E-state index contributed by atoms with van der Waals surface area (Å²) < 4.78 is 4.61. The molecule has 0 saturated heterocycles. The first-order valence-electron chi connectivity index (χ1n) is 6.02. The second-order valence-corrected chi connectivity index (χ2v) is 5.94. The van der Waals surface area contributed by atoms with E-state index in [0.29, 0.717) is 0 Å². The van der Waals surface area contributed by atoms with E-state index in [0.717, 1.165) is 5.32 Å². The van der Waals surface area contributed by atoms with Gasteiger partial charge in [-0.25, -0.2) is 0 Å². The van der Waals surface area contributed by atoms with E-state index in [9.17, 15) is 4.79 Å². The van der Waals surface area contributed by atoms with Crippen LogP contribution in [0.25, 0.3) is 0 Å². The Labute approximate surface area is 100 Å². The molecule has 0 unspecified atom stereocenters. The molecule has 0 aliphatic rings. The number of hydrogen-bond acceptors (Lipinski definition) is 2. The van der Waals surface area contributed by atoms with Gasteiger partial charge in [-0.2, -0.15) is 0 Å². The summed E-state index contributed by atoms with van der Waals surface area (Å²) in [5.74, 6) is 0. The van der Waals surface area contributed by atoms with Crippen molar-refractivity contribution in [3.63, 3.8) is 0 Å². The van der Waals surface area contributed by atoms with Crippen LogP contribution in [-0.4, -0.2) is 26.9 Å². The third-order valence-electron chi connectivity index (χ3n) is 2.38. The Morgan fingerprint density at radius 1 is 1.00 bits per heavy atom. The Morgan fingerprint density at radius 2 is 1.53 bits per heavy atom. The van der Waals surface area contributed by atoms with E-state index in [1.54, 1.807) is 0 Å². The van der Waals surface area contributed by atoms with E-state index in [1.165, 1.54) is 58.5 Å². The van der Waals surface area contributed by atoms with E-state index in [4.69, 9.17) is 0 Å². The summed E-state index contributed by atoms with van der Waals surface area (Å²) in [4.78, 5) is 10.8. The van der Waals surface area contributed by atoms with Crippen molar-refractivity contribution < 1.29 is 9.53 Å². The SMILES string of the molecule is CCCCCCCCCC[Se]C(=O)OC. The first-order valence-corrected chi connectivity index (χ1v) is 8.08. The van der Waals surface area contributed by atoms with Crippen molar-refractivity contribution >= 4 is 19.8 Å². The van der Waals surface area contributed by atoms with Gasteiger partial charge in [0.15, 0.2) is 0 Å². The van der Waals surface area contributed by atoms with Crippen LogP contribution in [-0.2, 0) is 4.74 Å². The van der Waals surface area contributed by atoms with Crippen LogP contribution < -0.4 is 0 Å². The van der Waals surface area contributed by atoms with Gasteiger partial charge in [0.25, 0.3) is 0 Å². The average molecular weight is 279 g/mol. The molecule has 0 spiro atoms. The summed E-state index contributed by atoms with van der Waals surface area (Å²) in [7, 11) is 1.47. The number of methoxy groups -OCH3 is 1. The van der Waals surface area contributed by atoms with Crippen LogP contribution in [0.2, 0.25) is 5.32 Å². The molecular formula is C12H24O2Se. The normalized spacial score (nSPS) is 10.3. The third-order valence-corrected chi connectivity index (χ3v) is 4.26. The van der Waals surface area contributed by atoms with E-state index in [-0.39, 0.29) is 19.8 Å². The summed E-state index contributed by atoms with van der Waals surface area (Å²) in [6, 6.07) is 0. The predicted octanol–water partition coefficient (Wildman–Crippen LogP) is 4.02. The van der Waals surface area contributed by atoms with Crippen molar-refractivity contribution in [1.29, 1.82) is 0 Å². The Bertz CT molecular complexity index is 149. The minimum atomic E-state index is -0.00885. The molecule has 90 valence electrons. The van der Waals surface area contributed by atoms with Crippen molar-refractivity contribution in [3.8, 4) is 0 Å². The third kappa shape index (κ3) is 11.9. The van der Waals surface area contributed by atoms with Gasteiger partial charge in [-0.15, -0.1) is 0 Å². The zero-order valence-corrected chi connectivity index (χ0v) is 11.8.